The van der Waals surface area contributed by atoms with Gasteiger partial charge in [0.15, 0.2) is 11.7 Å². The highest BCUT2D eigenvalue weighted by atomic mass is 32.1. The van der Waals surface area contributed by atoms with Gasteiger partial charge in [0.25, 0.3) is 5.91 Å². The van der Waals surface area contributed by atoms with Crippen LogP contribution in [0.15, 0.2) is 24.3 Å². The lowest BCUT2D eigenvalue weighted by Crippen LogP contribution is -2.50. The molecule has 112 valence electrons. The number of benzene rings is 1. The summed E-state index contributed by atoms with van der Waals surface area (Å²) in [7, 11) is 0. The second kappa shape index (κ2) is 7.03. The fourth-order valence-electron chi connectivity index (χ4n) is 1.54. The van der Waals surface area contributed by atoms with E-state index in [1.807, 2.05) is 19.1 Å². The minimum absolute atomic E-state index is 0.0605. The number of hydrazine groups is 1. The number of aryl methyl sites for hydroxylation is 1. The van der Waals surface area contributed by atoms with Gasteiger partial charge in [0.05, 0.1) is 0 Å². The summed E-state index contributed by atoms with van der Waals surface area (Å²) in [5.41, 5.74) is 5.94. The van der Waals surface area contributed by atoms with Crippen LogP contribution in [0.25, 0.3) is 0 Å². The summed E-state index contributed by atoms with van der Waals surface area (Å²) >= 11 is 4.89. The minimum atomic E-state index is -0.390. The van der Waals surface area contributed by atoms with E-state index in [1.54, 1.807) is 12.1 Å². The van der Waals surface area contributed by atoms with Gasteiger partial charge >= 0.3 is 0 Å². The molecule has 1 aliphatic carbocycles. The zero-order valence-corrected chi connectivity index (χ0v) is 12.5. The maximum Gasteiger partial charge on any atom is 0.276 e. The molecule has 7 heteroatoms. The Morgan fingerprint density at radius 1 is 1.24 bits per heavy atom. The molecule has 2 rings (SSSR count). The van der Waals surface area contributed by atoms with Crippen LogP contribution in [0.5, 0.6) is 5.75 Å². The highest BCUT2D eigenvalue weighted by Gasteiger charge is 2.30. The fraction of sp³-hybridized carbons (Fsp3) is 0.357. The van der Waals surface area contributed by atoms with Crippen LogP contribution in [0, 0.1) is 12.8 Å². The molecule has 1 aliphatic rings. The number of hydrogen-bond acceptors (Lipinski definition) is 4. The van der Waals surface area contributed by atoms with E-state index < -0.39 is 5.91 Å². The van der Waals surface area contributed by atoms with Crippen LogP contribution in [-0.2, 0) is 9.59 Å². The fourth-order valence-corrected chi connectivity index (χ4v) is 1.69. The average molecular weight is 307 g/mol. The molecule has 0 heterocycles. The normalized spacial score (nSPS) is 13.2. The monoisotopic (exact) mass is 307 g/mol. The van der Waals surface area contributed by atoms with Crippen molar-refractivity contribution in [2.45, 2.75) is 19.8 Å². The number of nitrogens with one attached hydrogen (secondary N) is 3. The number of rotatable bonds is 4. The molecular formula is C14H17N3O3S. The molecule has 1 fully saturated rings. The first-order chi connectivity index (χ1) is 10.0. The second-order valence-corrected chi connectivity index (χ2v) is 5.28. The van der Waals surface area contributed by atoms with Crippen molar-refractivity contribution in [3.05, 3.63) is 29.8 Å². The molecule has 0 spiro atoms. The molecule has 1 aromatic carbocycles. The molecule has 0 aromatic heterocycles. The van der Waals surface area contributed by atoms with Crippen molar-refractivity contribution in [2.75, 3.05) is 6.61 Å². The molecule has 0 aliphatic heterocycles. The lowest BCUT2D eigenvalue weighted by Gasteiger charge is -2.11. The summed E-state index contributed by atoms with van der Waals surface area (Å²) in [6, 6.07) is 7.37. The summed E-state index contributed by atoms with van der Waals surface area (Å²) < 4.78 is 5.30. The Morgan fingerprint density at radius 3 is 2.52 bits per heavy atom. The Kier molecular flexibility index (Phi) is 5.10. The van der Waals surface area contributed by atoms with E-state index in [2.05, 4.69) is 16.2 Å². The zero-order valence-electron chi connectivity index (χ0n) is 11.6. The molecule has 21 heavy (non-hydrogen) atoms. The zero-order chi connectivity index (χ0) is 15.2. The van der Waals surface area contributed by atoms with Crippen molar-refractivity contribution in [3.8, 4) is 5.75 Å². The van der Waals surface area contributed by atoms with Crippen molar-refractivity contribution in [3.63, 3.8) is 0 Å². The number of thiocarbonyl (C=S) groups is 1. The second-order valence-electron chi connectivity index (χ2n) is 4.87. The van der Waals surface area contributed by atoms with E-state index in [4.69, 9.17) is 17.0 Å². The van der Waals surface area contributed by atoms with E-state index in [0.29, 0.717) is 5.75 Å². The number of carbonyl (C=O) groups is 2. The molecule has 1 aromatic rings. The smallest absolute Gasteiger partial charge is 0.276 e. The Hall–Kier alpha value is -2.15. The number of amides is 2. The molecule has 1 saturated carbocycles. The van der Waals surface area contributed by atoms with Crippen molar-refractivity contribution < 1.29 is 14.3 Å². The third kappa shape index (κ3) is 5.39. The maximum atomic E-state index is 11.5. The van der Waals surface area contributed by atoms with E-state index in [-0.39, 0.29) is 23.5 Å². The van der Waals surface area contributed by atoms with Gasteiger partial charge in [-0.05, 0) is 44.1 Å². The van der Waals surface area contributed by atoms with Gasteiger partial charge in [-0.15, -0.1) is 0 Å². The van der Waals surface area contributed by atoms with Crippen LogP contribution in [-0.4, -0.2) is 23.5 Å². The minimum Gasteiger partial charge on any atom is -0.484 e. The Morgan fingerprint density at radius 2 is 1.90 bits per heavy atom. The first-order valence-electron chi connectivity index (χ1n) is 6.64. The van der Waals surface area contributed by atoms with Crippen molar-refractivity contribution >= 4 is 29.1 Å². The largest absolute Gasteiger partial charge is 0.484 e. The molecule has 0 atom stereocenters. The van der Waals surface area contributed by atoms with E-state index in [9.17, 15) is 9.59 Å². The first kappa shape index (κ1) is 15.2. The topological polar surface area (TPSA) is 79.5 Å². The van der Waals surface area contributed by atoms with Gasteiger partial charge in [-0.2, -0.15) is 0 Å². The summed E-state index contributed by atoms with van der Waals surface area (Å²) in [4.78, 5) is 23.0. The van der Waals surface area contributed by atoms with Crippen LogP contribution >= 0.6 is 12.2 Å². The maximum absolute atomic E-state index is 11.5. The highest BCUT2D eigenvalue weighted by molar-refractivity contribution is 7.80. The van der Waals surface area contributed by atoms with Crippen LogP contribution < -0.4 is 20.9 Å². The predicted octanol–water partition coefficient (Wildman–Crippen LogP) is 0.806. The lowest BCUT2D eigenvalue weighted by molar-refractivity contribution is -0.124. The van der Waals surface area contributed by atoms with Crippen molar-refractivity contribution in [1.82, 2.24) is 16.2 Å². The molecule has 2 amide bonds. The van der Waals surface area contributed by atoms with Crippen LogP contribution in [0.3, 0.4) is 0 Å². The van der Waals surface area contributed by atoms with Crippen molar-refractivity contribution in [2.24, 2.45) is 5.92 Å². The van der Waals surface area contributed by atoms with Gasteiger partial charge in [-0.1, -0.05) is 17.7 Å². The summed E-state index contributed by atoms with van der Waals surface area (Å²) in [5.74, 6) is 0.168. The van der Waals surface area contributed by atoms with E-state index in [1.165, 1.54) is 0 Å². The molecule has 3 N–H and O–H groups in total. The van der Waals surface area contributed by atoms with Gasteiger partial charge in [0.1, 0.15) is 5.75 Å². The van der Waals surface area contributed by atoms with Crippen LogP contribution in [0.1, 0.15) is 18.4 Å². The highest BCUT2D eigenvalue weighted by Crippen LogP contribution is 2.28. The summed E-state index contributed by atoms with van der Waals surface area (Å²) in [6.07, 6.45) is 1.79. The van der Waals surface area contributed by atoms with Gasteiger partial charge in [-0.3, -0.25) is 20.4 Å². The average Bonchev–Trinajstić information content (AvgIpc) is 3.29. The summed E-state index contributed by atoms with van der Waals surface area (Å²) in [6.45, 7) is 1.83. The van der Waals surface area contributed by atoms with Gasteiger partial charge < -0.3 is 10.1 Å². The van der Waals surface area contributed by atoms with Gasteiger partial charge in [-0.25, -0.2) is 0 Å². The summed E-state index contributed by atoms with van der Waals surface area (Å²) in [5, 5.41) is 2.58. The Bertz CT molecular complexity index is 541. The van der Waals surface area contributed by atoms with Gasteiger partial charge in [0, 0.05) is 5.92 Å². The molecule has 0 bridgehead atoms. The molecule has 0 radical (unpaired) electrons. The number of carbonyl (C=O) groups excluding carboxylic acids is 2. The van der Waals surface area contributed by atoms with E-state index in [0.717, 1.165) is 18.4 Å². The number of ether oxygens (including phenoxy) is 1. The van der Waals surface area contributed by atoms with E-state index >= 15 is 0 Å². The third-order valence-electron chi connectivity index (χ3n) is 2.89. The quantitative estimate of drug-likeness (QED) is 0.566. The molecule has 6 nitrogen and oxygen atoms in total. The Balaban J connectivity index is 1.63. The lowest BCUT2D eigenvalue weighted by atomic mass is 10.2. The first-order valence-corrected chi connectivity index (χ1v) is 7.04. The molecular weight excluding hydrogens is 290 g/mol. The number of hydrogen-bond donors (Lipinski definition) is 3. The standard InChI is InChI=1S/C14H17N3O3S/c1-9-2-6-11(7-3-9)20-8-12(18)16-17-14(21)15-13(19)10-4-5-10/h2-3,6-7,10H,4-5,8H2,1H3,(H,16,18)(H2,15,17,19,21). The van der Waals surface area contributed by atoms with Crippen molar-refractivity contribution in [1.29, 1.82) is 0 Å². The van der Waals surface area contributed by atoms with Crippen LogP contribution in [0.4, 0.5) is 0 Å². The van der Waals surface area contributed by atoms with Gasteiger partial charge in [0.2, 0.25) is 5.91 Å². The third-order valence-corrected chi connectivity index (χ3v) is 3.10. The molecule has 0 unspecified atom stereocenters. The SMILES string of the molecule is Cc1ccc(OCC(=O)NNC(=S)NC(=O)C2CC2)cc1. The molecule has 0 saturated heterocycles. The Labute approximate surface area is 128 Å². The van der Waals surface area contributed by atoms with Crippen LogP contribution in [0.2, 0.25) is 0 Å². The predicted molar refractivity (Wildman–Crippen MR) is 81.4 cm³/mol.